The Labute approximate surface area is 125 Å². The summed E-state index contributed by atoms with van der Waals surface area (Å²) in [7, 11) is -3.63. The minimum Gasteiger partial charge on any atom is -0.398 e. The molecule has 3 N–H and O–H groups in total. The van der Waals surface area contributed by atoms with Gasteiger partial charge >= 0.3 is 0 Å². The zero-order chi connectivity index (χ0) is 15.6. The molecule has 0 radical (unpaired) electrons. The molecule has 1 aromatic heterocycles. The number of anilines is 1. The van der Waals surface area contributed by atoms with Crippen LogP contribution in [0.15, 0.2) is 35.4 Å². The van der Waals surface area contributed by atoms with Crippen molar-refractivity contribution in [3.63, 3.8) is 0 Å². The van der Waals surface area contributed by atoms with Crippen LogP contribution in [0.4, 0.5) is 5.69 Å². The lowest BCUT2D eigenvalue weighted by Crippen LogP contribution is -2.37. The number of aromatic nitrogens is 1. The van der Waals surface area contributed by atoms with Crippen LogP contribution < -0.4 is 10.5 Å². The Balaban J connectivity index is 2.48. The van der Waals surface area contributed by atoms with Crippen molar-refractivity contribution >= 4 is 26.6 Å². The number of hydrogen-bond acceptors (Lipinski definition) is 4. The fraction of sp³-hybridized carbons (Fsp3) is 0.400. The average molecular weight is 307 g/mol. The number of nitrogens with zero attached hydrogens (tertiary/aromatic N) is 1. The van der Waals surface area contributed by atoms with Crippen molar-refractivity contribution in [3.05, 3.63) is 30.5 Å². The van der Waals surface area contributed by atoms with Crippen LogP contribution in [0.3, 0.4) is 0 Å². The Kier molecular flexibility index (Phi) is 4.49. The highest BCUT2D eigenvalue weighted by Gasteiger charge is 2.23. The molecule has 0 spiro atoms. The molecule has 21 heavy (non-hydrogen) atoms. The van der Waals surface area contributed by atoms with Crippen LogP contribution in [-0.2, 0) is 10.0 Å². The summed E-state index contributed by atoms with van der Waals surface area (Å²) in [5.41, 5.74) is 6.81. The van der Waals surface area contributed by atoms with Crippen molar-refractivity contribution < 1.29 is 8.42 Å². The Morgan fingerprint density at radius 2 is 2.00 bits per heavy atom. The summed E-state index contributed by atoms with van der Waals surface area (Å²) in [6, 6.07) is 6.48. The molecule has 0 amide bonds. The van der Waals surface area contributed by atoms with Gasteiger partial charge in [0.25, 0.3) is 0 Å². The van der Waals surface area contributed by atoms with E-state index in [0.29, 0.717) is 16.6 Å². The molecule has 2 rings (SSSR count). The minimum atomic E-state index is -3.63. The summed E-state index contributed by atoms with van der Waals surface area (Å²) in [5.74, 6) is 0.257. The lowest BCUT2D eigenvalue weighted by molar-refractivity contribution is 0.434. The van der Waals surface area contributed by atoms with Crippen molar-refractivity contribution in [2.75, 3.05) is 5.73 Å². The number of sulfonamides is 1. The third-order valence-corrected chi connectivity index (χ3v) is 5.48. The highest BCUT2D eigenvalue weighted by atomic mass is 32.2. The van der Waals surface area contributed by atoms with Gasteiger partial charge in [-0.2, -0.15) is 0 Å². The van der Waals surface area contributed by atoms with Crippen molar-refractivity contribution in [1.29, 1.82) is 0 Å². The fourth-order valence-electron chi connectivity index (χ4n) is 2.16. The van der Waals surface area contributed by atoms with E-state index in [1.807, 2.05) is 20.8 Å². The molecule has 0 aliphatic heterocycles. The number of benzene rings is 1. The van der Waals surface area contributed by atoms with Gasteiger partial charge < -0.3 is 5.73 Å². The number of fused-ring (bicyclic) bond motifs is 1. The van der Waals surface area contributed by atoms with Gasteiger partial charge in [0, 0.05) is 23.3 Å². The third kappa shape index (κ3) is 3.16. The number of rotatable bonds is 5. The van der Waals surface area contributed by atoms with E-state index in [4.69, 9.17) is 5.73 Å². The maximum Gasteiger partial charge on any atom is 0.242 e. The number of hydrogen-bond donors (Lipinski definition) is 2. The van der Waals surface area contributed by atoms with E-state index in [2.05, 4.69) is 9.71 Å². The molecule has 114 valence electrons. The smallest absolute Gasteiger partial charge is 0.242 e. The first-order chi connectivity index (χ1) is 9.86. The molecule has 0 saturated heterocycles. The number of nitrogens with two attached hydrogens (primary N) is 1. The van der Waals surface area contributed by atoms with Gasteiger partial charge in [-0.15, -0.1) is 0 Å². The second-order valence-electron chi connectivity index (χ2n) is 5.35. The molecular formula is C15H21N3O2S. The van der Waals surface area contributed by atoms with Crippen LogP contribution in [-0.4, -0.2) is 19.4 Å². The summed E-state index contributed by atoms with van der Waals surface area (Å²) < 4.78 is 27.9. The Morgan fingerprint density at radius 3 is 2.67 bits per heavy atom. The van der Waals surface area contributed by atoms with Crippen LogP contribution in [0.1, 0.15) is 27.2 Å². The summed E-state index contributed by atoms with van der Waals surface area (Å²) in [4.78, 5) is 4.35. The molecule has 2 aromatic rings. The minimum absolute atomic E-state index is 0.142. The Bertz CT molecular complexity index is 744. The van der Waals surface area contributed by atoms with E-state index in [1.54, 1.807) is 24.4 Å². The van der Waals surface area contributed by atoms with Crippen molar-refractivity contribution in [1.82, 2.24) is 9.71 Å². The van der Waals surface area contributed by atoms with Crippen molar-refractivity contribution in [3.8, 4) is 0 Å². The SMILES string of the molecule is CCC(C)C(C)NS(=O)(=O)c1ccc(N)c2cccnc12. The standard InChI is InChI=1S/C15H21N3O2S/c1-4-10(2)11(3)18-21(19,20)14-8-7-13(16)12-6-5-9-17-15(12)14/h5-11,18H,4,16H2,1-3H3. The van der Waals surface area contributed by atoms with Gasteiger partial charge in [0.15, 0.2) is 0 Å². The molecule has 2 unspecified atom stereocenters. The van der Waals surface area contributed by atoms with Gasteiger partial charge in [-0.1, -0.05) is 20.3 Å². The lowest BCUT2D eigenvalue weighted by Gasteiger charge is -2.20. The zero-order valence-electron chi connectivity index (χ0n) is 12.5. The van der Waals surface area contributed by atoms with E-state index in [1.165, 1.54) is 6.07 Å². The molecule has 2 atom stereocenters. The predicted molar refractivity (Wildman–Crippen MR) is 85.4 cm³/mol. The van der Waals surface area contributed by atoms with Crippen molar-refractivity contribution in [2.45, 2.75) is 38.1 Å². The van der Waals surface area contributed by atoms with Gasteiger partial charge in [0.1, 0.15) is 4.90 Å². The van der Waals surface area contributed by atoms with E-state index >= 15 is 0 Å². The predicted octanol–water partition coefficient (Wildman–Crippen LogP) is 2.53. The van der Waals surface area contributed by atoms with Gasteiger partial charge in [-0.05, 0) is 37.1 Å². The van der Waals surface area contributed by atoms with Gasteiger partial charge in [-0.25, -0.2) is 13.1 Å². The van der Waals surface area contributed by atoms with Crippen molar-refractivity contribution in [2.24, 2.45) is 5.92 Å². The lowest BCUT2D eigenvalue weighted by atomic mass is 10.0. The van der Waals surface area contributed by atoms with Crippen LogP contribution in [0.25, 0.3) is 10.9 Å². The van der Waals surface area contributed by atoms with Crippen LogP contribution in [0.2, 0.25) is 0 Å². The van der Waals surface area contributed by atoms with Gasteiger partial charge in [0.2, 0.25) is 10.0 Å². The molecule has 1 aromatic carbocycles. The highest BCUT2D eigenvalue weighted by molar-refractivity contribution is 7.89. The Morgan fingerprint density at radius 1 is 1.29 bits per heavy atom. The topological polar surface area (TPSA) is 85.1 Å². The molecular weight excluding hydrogens is 286 g/mol. The van der Waals surface area contributed by atoms with E-state index < -0.39 is 10.0 Å². The largest absolute Gasteiger partial charge is 0.398 e. The van der Waals surface area contributed by atoms with E-state index in [9.17, 15) is 8.42 Å². The maximum atomic E-state index is 12.6. The summed E-state index contributed by atoms with van der Waals surface area (Å²) in [6.45, 7) is 5.93. The summed E-state index contributed by atoms with van der Waals surface area (Å²) >= 11 is 0. The summed E-state index contributed by atoms with van der Waals surface area (Å²) in [6.07, 6.45) is 2.48. The second-order valence-corrected chi connectivity index (χ2v) is 7.03. The van der Waals surface area contributed by atoms with Crippen LogP contribution >= 0.6 is 0 Å². The third-order valence-electron chi connectivity index (χ3n) is 3.89. The first-order valence-electron chi connectivity index (χ1n) is 7.02. The molecule has 0 aliphatic rings. The molecule has 1 heterocycles. The number of nitrogen functional groups attached to an aromatic ring is 1. The first kappa shape index (κ1) is 15.7. The molecule has 0 saturated carbocycles. The van der Waals surface area contributed by atoms with Crippen LogP contribution in [0, 0.1) is 5.92 Å². The Hall–Kier alpha value is -1.66. The number of nitrogens with one attached hydrogen (secondary N) is 1. The first-order valence-corrected chi connectivity index (χ1v) is 8.50. The van der Waals surface area contributed by atoms with E-state index in [0.717, 1.165) is 6.42 Å². The monoisotopic (exact) mass is 307 g/mol. The maximum absolute atomic E-state index is 12.6. The van der Waals surface area contributed by atoms with Gasteiger partial charge in [-0.3, -0.25) is 4.98 Å². The summed E-state index contributed by atoms with van der Waals surface area (Å²) in [5, 5.41) is 0.650. The molecule has 0 bridgehead atoms. The van der Waals surface area contributed by atoms with Gasteiger partial charge in [0.05, 0.1) is 5.52 Å². The molecule has 0 aliphatic carbocycles. The van der Waals surface area contributed by atoms with Crippen LogP contribution in [0.5, 0.6) is 0 Å². The molecule has 0 fully saturated rings. The zero-order valence-corrected chi connectivity index (χ0v) is 13.3. The quantitative estimate of drug-likeness (QED) is 0.831. The molecule has 6 heteroatoms. The highest BCUT2D eigenvalue weighted by Crippen LogP contribution is 2.26. The normalized spacial score (nSPS) is 15.0. The second kappa shape index (κ2) is 5.99. The fourth-order valence-corrected chi connectivity index (χ4v) is 3.68. The molecule has 5 nitrogen and oxygen atoms in total. The van der Waals surface area contributed by atoms with E-state index in [-0.39, 0.29) is 16.9 Å². The average Bonchev–Trinajstić information content (AvgIpc) is 2.46. The number of pyridine rings is 1.